The molecular formula is C22H33N3O3. The Hall–Kier alpha value is -2.50. The number of unbranched alkanes of at least 4 members (excludes halogenated alkanes) is 3. The average Bonchev–Trinajstić information content (AvgIpc) is 2.93. The van der Waals surface area contributed by atoms with E-state index in [9.17, 15) is 4.79 Å². The van der Waals surface area contributed by atoms with Crippen LogP contribution in [0.3, 0.4) is 0 Å². The number of benzene rings is 1. The van der Waals surface area contributed by atoms with Gasteiger partial charge in [0.2, 0.25) is 0 Å². The summed E-state index contributed by atoms with van der Waals surface area (Å²) in [7, 11) is 3.50. The minimum Gasteiger partial charge on any atom is -0.493 e. The number of aromatic nitrogens is 2. The van der Waals surface area contributed by atoms with Crippen molar-refractivity contribution in [2.75, 3.05) is 13.7 Å². The van der Waals surface area contributed by atoms with E-state index in [-0.39, 0.29) is 11.9 Å². The maximum absolute atomic E-state index is 12.7. The van der Waals surface area contributed by atoms with E-state index in [2.05, 4.69) is 17.3 Å². The van der Waals surface area contributed by atoms with E-state index in [1.54, 1.807) is 25.3 Å². The number of carbonyl (C=O) groups is 1. The van der Waals surface area contributed by atoms with Crippen molar-refractivity contribution >= 4 is 5.91 Å². The van der Waals surface area contributed by atoms with Crippen LogP contribution in [0.5, 0.6) is 11.5 Å². The number of amides is 1. The molecule has 28 heavy (non-hydrogen) atoms. The molecule has 0 aliphatic rings. The number of methoxy groups -OCH3 is 1. The number of rotatable bonds is 10. The Morgan fingerprint density at radius 3 is 2.57 bits per heavy atom. The second-order valence-electron chi connectivity index (χ2n) is 7.18. The van der Waals surface area contributed by atoms with Gasteiger partial charge in [0.1, 0.15) is 0 Å². The fourth-order valence-electron chi connectivity index (χ4n) is 3.41. The lowest BCUT2D eigenvalue weighted by Crippen LogP contribution is -2.27. The van der Waals surface area contributed by atoms with E-state index in [1.807, 2.05) is 32.5 Å². The largest absolute Gasteiger partial charge is 0.493 e. The molecule has 1 amide bonds. The number of nitrogens with one attached hydrogen (secondary N) is 1. The zero-order valence-corrected chi connectivity index (χ0v) is 18.0. The number of aryl methyl sites for hydroxylation is 2. The molecule has 154 valence electrons. The van der Waals surface area contributed by atoms with Crippen molar-refractivity contribution in [2.45, 2.75) is 59.4 Å². The van der Waals surface area contributed by atoms with E-state index in [1.165, 1.54) is 12.8 Å². The normalized spacial score (nSPS) is 11.9. The molecule has 0 aliphatic heterocycles. The fourth-order valence-corrected chi connectivity index (χ4v) is 3.41. The topological polar surface area (TPSA) is 65.4 Å². The molecule has 6 nitrogen and oxygen atoms in total. The zero-order chi connectivity index (χ0) is 20.7. The van der Waals surface area contributed by atoms with Gasteiger partial charge in [-0.05, 0) is 45.4 Å². The molecule has 0 bridgehead atoms. The molecule has 2 aromatic rings. The molecule has 0 radical (unpaired) electrons. The fraction of sp³-hybridized carbons (Fsp3) is 0.545. The van der Waals surface area contributed by atoms with Crippen molar-refractivity contribution in [3.63, 3.8) is 0 Å². The molecule has 1 atom stereocenters. The SMILES string of the molecule is CCCCCCOc1ccc(C(=O)NC(C)c2c(C)nn(C)c2C)cc1OC. The Morgan fingerprint density at radius 2 is 1.96 bits per heavy atom. The third kappa shape index (κ3) is 5.27. The summed E-state index contributed by atoms with van der Waals surface area (Å²) in [5.41, 5.74) is 3.57. The summed E-state index contributed by atoms with van der Waals surface area (Å²) in [5, 5.41) is 7.48. The van der Waals surface area contributed by atoms with Crippen molar-refractivity contribution in [1.29, 1.82) is 0 Å². The van der Waals surface area contributed by atoms with Crippen LogP contribution in [0.2, 0.25) is 0 Å². The van der Waals surface area contributed by atoms with Crippen molar-refractivity contribution < 1.29 is 14.3 Å². The summed E-state index contributed by atoms with van der Waals surface area (Å²) >= 11 is 0. The lowest BCUT2D eigenvalue weighted by atomic mass is 10.1. The van der Waals surface area contributed by atoms with Crippen LogP contribution in [0.15, 0.2) is 18.2 Å². The van der Waals surface area contributed by atoms with Crippen LogP contribution in [0.25, 0.3) is 0 Å². The summed E-state index contributed by atoms with van der Waals surface area (Å²) in [4.78, 5) is 12.7. The van der Waals surface area contributed by atoms with Gasteiger partial charge in [0.15, 0.2) is 11.5 Å². The molecule has 1 aromatic carbocycles. The van der Waals surface area contributed by atoms with Crippen LogP contribution < -0.4 is 14.8 Å². The summed E-state index contributed by atoms with van der Waals surface area (Å²) in [6, 6.07) is 5.17. The number of nitrogens with zero attached hydrogens (tertiary/aromatic N) is 2. The summed E-state index contributed by atoms with van der Waals surface area (Å²) < 4.78 is 13.1. The van der Waals surface area contributed by atoms with Crippen LogP contribution >= 0.6 is 0 Å². The third-order valence-electron chi connectivity index (χ3n) is 5.03. The van der Waals surface area contributed by atoms with Crippen molar-refractivity contribution in [3.8, 4) is 11.5 Å². The predicted octanol–water partition coefficient (Wildman–Crippen LogP) is 4.50. The number of hydrogen-bond acceptors (Lipinski definition) is 4. The smallest absolute Gasteiger partial charge is 0.251 e. The molecular weight excluding hydrogens is 354 g/mol. The highest BCUT2D eigenvalue weighted by Gasteiger charge is 2.19. The maximum Gasteiger partial charge on any atom is 0.251 e. The van der Waals surface area contributed by atoms with Crippen molar-refractivity contribution in [3.05, 3.63) is 40.7 Å². The number of carbonyl (C=O) groups excluding carboxylic acids is 1. The molecule has 1 N–H and O–H groups in total. The quantitative estimate of drug-likeness (QED) is 0.610. The molecule has 0 aliphatic carbocycles. The van der Waals surface area contributed by atoms with Crippen LogP contribution in [-0.4, -0.2) is 29.4 Å². The van der Waals surface area contributed by atoms with Crippen molar-refractivity contribution in [2.24, 2.45) is 7.05 Å². The zero-order valence-electron chi connectivity index (χ0n) is 18.0. The summed E-state index contributed by atoms with van der Waals surface area (Å²) in [5.74, 6) is 1.09. The summed E-state index contributed by atoms with van der Waals surface area (Å²) in [6.07, 6.45) is 4.59. The van der Waals surface area contributed by atoms with Gasteiger partial charge in [0, 0.05) is 23.9 Å². The van der Waals surface area contributed by atoms with Crippen LogP contribution in [0.1, 0.15) is 72.9 Å². The first-order valence-corrected chi connectivity index (χ1v) is 10.0. The molecule has 0 saturated heterocycles. The molecule has 1 aromatic heterocycles. The van der Waals surface area contributed by atoms with Gasteiger partial charge in [-0.2, -0.15) is 5.10 Å². The Labute approximate surface area is 168 Å². The molecule has 1 heterocycles. The second kappa shape index (κ2) is 10.2. The van der Waals surface area contributed by atoms with Gasteiger partial charge in [-0.25, -0.2) is 0 Å². The maximum atomic E-state index is 12.7. The van der Waals surface area contributed by atoms with E-state index >= 15 is 0 Å². The highest BCUT2D eigenvalue weighted by atomic mass is 16.5. The summed E-state index contributed by atoms with van der Waals surface area (Å²) in [6.45, 7) is 8.78. The van der Waals surface area contributed by atoms with Gasteiger partial charge < -0.3 is 14.8 Å². The van der Waals surface area contributed by atoms with Crippen LogP contribution in [0, 0.1) is 13.8 Å². The molecule has 2 rings (SSSR count). The van der Waals surface area contributed by atoms with Gasteiger partial charge in [-0.3, -0.25) is 9.48 Å². The second-order valence-corrected chi connectivity index (χ2v) is 7.18. The van der Waals surface area contributed by atoms with Gasteiger partial charge in [0.25, 0.3) is 5.91 Å². The van der Waals surface area contributed by atoms with E-state index in [4.69, 9.17) is 9.47 Å². The lowest BCUT2D eigenvalue weighted by Gasteiger charge is -2.16. The lowest BCUT2D eigenvalue weighted by molar-refractivity contribution is 0.0939. The van der Waals surface area contributed by atoms with Crippen LogP contribution in [-0.2, 0) is 7.05 Å². The average molecular weight is 388 g/mol. The Morgan fingerprint density at radius 1 is 1.21 bits per heavy atom. The van der Waals surface area contributed by atoms with Gasteiger partial charge in [0.05, 0.1) is 25.5 Å². The van der Waals surface area contributed by atoms with Gasteiger partial charge in [-0.15, -0.1) is 0 Å². The molecule has 0 saturated carbocycles. The molecule has 1 unspecified atom stereocenters. The highest BCUT2D eigenvalue weighted by Crippen LogP contribution is 2.29. The number of hydrogen-bond donors (Lipinski definition) is 1. The van der Waals surface area contributed by atoms with Gasteiger partial charge in [-0.1, -0.05) is 26.2 Å². The Balaban J connectivity index is 2.04. The first-order chi connectivity index (χ1) is 13.4. The van der Waals surface area contributed by atoms with Crippen molar-refractivity contribution in [1.82, 2.24) is 15.1 Å². The van der Waals surface area contributed by atoms with E-state index < -0.39 is 0 Å². The highest BCUT2D eigenvalue weighted by molar-refractivity contribution is 5.95. The Bertz CT molecular complexity index is 799. The minimum atomic E-state index is -0.150. The Kier molecular flexibility index (Phi) is 7.91. The third-order valence-corrected chi connectivity index (χ3v) is 5.03. The predicted molar refractivity (Wildman–Crippen MR) is 111 cm³/mol. The molecule has 0 spiro atoms. The first-order valence-electron chi connectivity index (χ1n) is 10.0. The van der Waals surface area contributed by atoms with E-state index in [0.29, 0.717) is 23.7 Å². The molecule has 0 fully saturated rings. The minimum absolute atomic E-state index is 0.137. The monoisotopic (exact) mass is 387 g/mol. The van der Waals surface area contributed by atoms with Gasteiger partial charge >= 0.3 is 0 Å². The number of ether oxygens (including phenoxy) is 2. The first kappa shape index (κ1) is 21.8. The van der Waals surface area contributed by atoms with Crippen LogP contribution in [0.4, 0.5) is 0 Å². The molecule has 6 heteroatoms. The standard InChI is InChI=1S/C22H33N3O3/c1-7-8-9-10-13-28-19-12-11-18(14-20(19)27-6)22(26)23-15(2)21-16(3)24-25(5)17(21)4/h11-12,14-15H,7-10,13H2,1-6H3,(H,23,26). The van der Waals surface area contributed by atoms with E-state index in [0.717, 1.165) is 29.8 Å².